The number of carbonyl (C=O) groups is 1. The Morgan fingerprint density at radius 2 is 1.93 bits per heavy atom. The average Bonchev–Trinajstić information content (AvgIpc) is 2.69. The SMILES string of the molecule is CC(C)(Oc1ccc(Cl)cc1)C(=O)N1CCC(CSc2ccccn2)CC1. The van der Waals surface area contributed by atoms with Gasteiger partial charge in [-0.3, -0.25) is 4.79 Å². The summed E-state index contributed by atoms with van der Waals surface area (Å²) < 4.78 is 5.94. The van der Waals surface area contributed by atoms with Crippen molar-refractivity contribution in [2.45, 2.75) is 37.3 Å². The normalized spacial score (nSPS) is 15.6. The summed E-state index contributed by atoms with van der Waals surface area (Å²) in [5.74, 6) is 2.35. The number of amides is 1. The van der Waals surface area contributed by atoms with E-state index in [9.17, 15) is 4.79 Å². The van der Waals surface area contributed by atoms with E-state index < -0.39 is 5.60 Å². The molecule has 2 heterocycles. The Kier molecular flexibility index (Phi) is 6.66. The Balaban J connectivity index is 1.49. The van der Waals surface area contributed by atoms with E-state index in [0.29, 0.717) is 16.7 Å². The lowest BCUT2D eigenvalue weighted by atomic mass is 9.97. The van der Waals surface area contributed by atoms with Gasteiger partial charge in [-0.15, -0.1) is 11.8 Å². The van der Waals surface area contributed by atoms with Crippen molar-refractivity contribution >= 4 is 29.3 Å². The highest BCUT2D eigenvalue weighted by atomic mass is 35.5. The topological polar surface area (TPSA) is 42.4 Å². The number of piperidine rings is 1. The molecule has 1 aromatic heterocycles. The number of likely N-dealkylation sites (tertiary alicyclic amines) is 1. The second-order valence-electron chi connectivity index (χ2n) is 7.28. The van der Waals surface area contributed by atoms with Gasteiger partial charge in [-0.05, 0) is 69.0 Å². The molecule has 0 atom stereocenters. The molecule has 1 amide bonds. The minimum absolute atomic E-state index is 0.0354. The van der Waals surface area contributed by atoms with E-state index in [1.807, 2.05) is 43.1 Å². The molecule has 0 aliphatic carbocycles. The van der Waals surface area contributed by atoms with Crippen LogP contribution in [0.2, 0.25) is 5.02 Å². The average molecular weight is 405 g/mol. The van der Waals surface area contributed by atoms with Gasteiger partial charge < -0.3 is 9.64 Å². The number of thioether (sulfide) groups is 1. The van der Waals surface area contributed by atoms with Gasteiger partial charge in [-0.25, -0.2) is 4.98 Å². The monoisotopic (exact) mass is 404 g/mol. The van der Waals surface area contributed by atoms with Gasteiger partial charge in [0.15, 0.2) is 5.60 Å². The number of carbonyl (C=O) groups excluding carboxylic acids is 1. The summed E-state index contributed by atoms with van der Waals surface area (Å²) in [6, 6.07) is 13.1. The number of nitrogens with zero attached hydrogens (tertiary/aromatic N) is 2. The zero-order valence-corrected chi connectivity index (χ0v) is 17.3. The largest absolute Gasteiger partial charge is 0.478 e. The van der Waals surface area contributed by atoms with Crippen LogP contribution >= 0.6 is 23.4 Å². The van der Waals surface area contributed by atoms with E-state index in [1.165, 1.54) is 0 Å². The van der Waals surface area contributed by atoms with Crippen LogP contribution in [0, 0.1) is 5.92 Å². The summed E-state index contributed by atoms with van der Waals surface area (Å²) in [6.07, 6.45) is 3.86. The third-order valence-corrected chi connectivity index (χ3v) is 6.14. The minimum atomic E-state index is -0.899. The van der Waals surface area contributed by atoms with Gasteiger partial charge in [-0.2, -0.15) is 0 Å². The second kappa shape index (κ2) is 8.98. The van der Waals surface area contributed by atoms with Crippen molar-refractivity contribution in [2.75, 3.05) is 18.8 Å². The van der Waals surface area contributed by atoms with Crippen molar-refractivity contribution in [3.63, 3.8) is 0 Å². The Morgan fingerprint density at radius 3 is 2.56 bits per heavy atom. The molecule has 0 unspecified atom stereocenters. The molecule has 0 radical (unpaired) electrons. The molecule has 0 bridgehead atoms. The molecule has 1 fully saturated rings. The minimum Gasteiger partial charge on any atom is -0.478 e. The first kappa shape index (κ1) is 20.0. The molecule has 0 N–H and O–H groups in total. The fraction of sp³-hybridized carbons (Fsp3) is 0.429. The Labute approximate surface area is 170 Å². The molecule has 1 saturated heterocycles. The molecule has 0 saturated carbocycles. The lowest BCUT2D eigenvalue weighted by Gasteiger charge is -2.37. The summed E-state index contributed by atoms with van der Waals surface area (Å²) >= 11 is 7.70. The summed E-state index contributed by atoms with van der Waals surface area (Å²) in [5.41, 5.74) is -0.899. The van der Waals surface area contributed by atoms with Gasteiger partial charge >= 0.3 is 0 Å². The molecule has 1 aliphatic heterocycles. The van der Waals surface area contributed by atoms with E-state index in [1.54, 1.807) is 36.0 Å². The van der Waals surface area contributed by atoms with E-state index in [4.69, 9.17) is 16.3 Å². The predicted octanol–water partition coefficient (Wildman–Crippen LogP) is 4.92. The van der Waals surface area contributed by atoms with E-state index in [0.717, 1.165) is 36.7 Å². The van der Waals surface area contributed by atoms with Crippen LogP contribution < -0.4 is 4.74 Å². The maximum Gasteiger partial charge on any atom is 0.266 e. The van der Waals surface area contributed by atoms with Crippen molar-refractivity contribution in [1.82, 2.24) is 9.88 Å². The van der Waals surface area contributed by atoms with Crippen LogP contribution in [-0.2, 0) is 4.79 Å². The van der Waals surface area contributed by atoms with Crippen molar-refractivity contribution in [1.29, 1.82) is 0 Å². The molecule has 3 rings (SSSR count). The van der Waals surface area contributed by atoms with Gasteiger partial charge in [0.2, 0.25) is 0 Å². The number of ether oxygens (including phenoxy) is 1. The van der Waals surface area contributed by atoms with Crippen LogP contribution in [0.3, 0.4) is 0 Å². The fourth-order valence-corrected chi connectivity index (χ4v) is 4.34. The molecule has 4 nitrogen and oxygen atoms in total. The zero-order chi connectivity index (χ0) is 19.3. The van der Waals surface area contributed by atoms with Crippen molar-refractivity contribution in [2.24, 2.45) is 5.92 Å². The van der Waals surface area contributed by atoms with Crippen molar-refractivity contribution < 1.29 is 9.53 Å². The molecule has 2 aromatic rings. The van der Waals surface area contributed by atoms with Gasteiger partial charge in [0.05, 0.1) is 5.03 Å². The lowest BCUT2D eigenvalue weighted by molar-refractivity contribution is -0.146. The Bertz CT molecular complexity index is 745. The van der Waals surface area contributed by atoms with E-state index in [-0.39, 0.29) is 5.91 Å². The van der Waals surface area contributed by atoms with Crippen LogP contribution in [0.5, 0.6) is 5.75 Å². The highest BCUT2D eigenvalue weighted by molar-refractivity contribution is 7.99. The van der Waals surface area contributed by atoms with Gasteiger partial charge in [0, 0.05) is 30.1 Å². The number of pyridine rings is 1. The van der Waals surface area contributed by atoms with Crippen LogP contribution in [-0.4, -0.2) is 40.2 Å². The number of rotatable bonds is 6. The van der Waals surface area contributed by atoms with E-state index >= 15 is 0 Å². The van der Waals surface area contributed by atoms with Crippen LogP contribution in [0.25, 0.3) is 0 Å². The summed E-state index contributed by atoms with van der Waals surface area (Å²) in [4.78, 5) is 19.2. The summed E-state index contributed by atoms with van der Waals surface area (Å²) in [7, 11) is 0. The molecule has 0 spiro atoms. The molecule has 144 valence electrons. The highest BCUT2D eigenvalue weighted by Crippen LogP contribution is 2.28. The molecule has 1 aliphatic rings. The predicted molar refractivity (Wildman–Crippen MR) is 110 cm³/mol. The quantitative estimate of drug-likeness (QED) is 0.640. The number of hydrogen-bond acceptors (Lipinski definition) is 4. The number of halogens is 1. The summed E-state index contributed by atoms with van der Waals surface area (Å²) in [5, 5.41) is 1.71. The molecule has 1 aromatic carbocycles. The number of benzene rings is 1. The maximum atomic E-state index is 12.9. The first-order chi connectivity index (χ1) is 12.9. The van der Waals surface area contributed by atoms with E-state index in [2.05, 4.69) is 4.98 Å². The van der Waals surface area contributed by atoms with Crippen LogP contribution in [0.1, 0.15) is 26.7 Å². The van der Waals surface area contributed by atoms with Gasteiger partial charge in [0.25, 0.3) is 5.91 Å². The lowest BCUT2D eigenvalue weighted by Crippen LogP contribution is -2.51. The Hall–Kier alpha value is -1.72. The third kappa shape index (κ3) is 5.63. The number of aromatic nitrogens is 1. The molecular weight excluding hydrogens is 380 g/mol. The Morgan fingerprint density at radius 1 is 1.22 bits per heavy atom. The standard InChI is InChI=1S/C21H25ClN2O2S/c1-21(2,26-18-8-6-17(22)7-9-18)20(25)24-13-10-16(11-14-24)15-27-19-5-3-4-12-23-19/h3-9,12,16H,10-11,13-15H2,1-2H3. The first-order valence-corrected chi connectivity index (χ1v) is 10.6. The smallest absolute Gasteiger partial charge is 0.266 e. The van der Waals surface area contributed by atoms with Crippen molar-refractivity contribution in [3.05, 3.63) is 53.7 Å². The van der Waals surface area contributed by atoms with Crippen LogP contribution in [0.4, 0.5) is 0 Å². The third-order valence-electron chi connectivity index (χ3n) is 4.71. The van der Waals surface area contributed by atoms with Gasteiger partial charge in [0.1, 0.15) is 5.75 Å². The molecular formula is C21H25ClN2O2S. The molecule has 6 heteroatoms. The second-order valence-corrected chi connectivity index (χ2v) is 8.76. The number of hydrogen-bond donors (Lipinski definition) is 0. The first-order valence-electron chi connectivity index (χ1n) is 9.22. The maximum absolute atomic E-state index is 12.9. The van der Waals surface area contributed by atoms with Crippen molar-refractivity contribution in [3.8, 4) is 5.75 Å². The van der Waals surface area contributed by atoms with Crippen LogP contribution in [0.15, 0.2) is 53.7 Å². The zero-order valence-electron chi connectivity index (χ0n) is 15.7. The summed E-state index contributed by atoms with van der Waals surface area (Å²) in [6.45, 7) is 5.21. The fourth-order valence-electron chi connectivity index (χ4n) is 3.16. The molecule has 27 heavy (non-hydrogen) atoms. The van der Waals surface area contributed by atoms with Gasteiger partial charge in [-0.1, -0.05) is 17.7 Å². The highest BCUT2D eigenvalue weighted by Gasteiger charge is 2.36.